The summed E-state index contributed by atoms with van der Waals surface area (Å²) in [6, 6.07) is 1.07. The van der Waals surface area contributed by atoms with Gasteiger partial charge in [0.2, 0.25) is 5.91 Å². The smallest absolute Gasteiger partial charge is 0.237 e. The highest BCUT2D eigenvalue weighted by molar-refractivity contribution is 5.82. The molecule has 1 atom stereocenters. The zero-order valence-electron chi connectivity index (χ0n) is 11.7. The highest BCUT2D eigenvalue weighted by Gasteiger charge is 2.26. The van der Waals surface area contributed by atoms with E-state index < -0.39 is 0 Å². The third-order valence-electron chi connectivity index (χ3n) is 4.23. The predicted molar refractivity (Wildman–Crippen MR) is 73.5 cm³/mol. The molecule has 2 aliphatic rings. The highest BCUT2D eigenvalue weighted by Crippen LogP contribution is 2.14. The third kappa shape index (κ3) is 3.69. The van der Waals surface area contributed by atoms with Gasteiger partial charge in [-0.1, -0.05) is 6.42 Å². The van der Waals surface area contributed by atoms with Crippen LogP contribution in [0, 0.1) is 0 Å². The van der Waals surface area contributed by atoms with E-state index in [2.05, 4.69) is 29.4 Å². The SMILES string of the molecule is CC(C)N1CCC(NC(=O)[C@@H]2CCCCN2)CC1. The summed E-state index contributed by atoms with van der Waals surface area (Å²) in [5.41, 5.74) is 0. The van der Waals surface area contributed by atoms with Crippen molar-refractivity contribution in [1.29, 1.82) is 0 Å². The molecule has 2 N–H and O–H groups in total. The molecule has 0 saturated carbocycles. The third-order valence-corrected chi connectivity index (χ3v) is 4.23. The standard InChI is InChI=1S/C14H27N3O/c1-11(2)17-9-6-12(7-10-17)16-14(18)13-5-3-4-8-15-13/h11-13,15H,3-10H2,1-2H3,(H,16,18)/t13-/m0/s1. The van der Waals surface area contributed by atoms with Crippen molar-refractivity contribution in [2.24, 2.45) is 0 Å². The number of carbonyl (C=O) groups is 1. The van der Waals surface area contributed by atoms with Gasteiger partial charge in [-0.2, -0.15) is 0 Å². The van der Waals surface area contributed by atoms with Gasteiger partial charge in [-0.15, -0.1) is 0 Å². The lowest BCUT2D eigenvalue weighted by molar-refractivity contribution is -0.124. The summed E-state index contributed by atoms with van der Waals surface area (Å²) in [4.78, 5) is 14.6. The molecule has 4 heteroatoms. The Kier molecular flexibility index (Phi) is 5.01. The van der Waals surface area contributed by atoms with Crippen LogP contribution in [0.25, 0.3) is 0 Å². The van der Waals surface area contributed by atoms with E-state index in [1.165, 1.54) is 12.8 Å². The fourth-order valence-corrected chi connectivity index (χ4v) is 2.94. The summed E-state index contributed by atoms with van der Waals surface area (Å²) in [5.74, 6) is 0.220. The summed E-state index contributed by atoms with van der Waals surface area (Å²) >= 11 is 0. The van der Waals surface area contributed by atoms with E-state index in [0.717, 1.165) is 38.9 Å². The molecule has 0 unspecified atom stereocenters. The van der Waals surface area contributed by atoms with Gasteiger partial charge in [0.15, 0.2) is 0 Å². The number of carbonyl (C=O) groups excluding carboxylic acids is 1. The minimum absolute atomic E-state index is 0.0573. The first-order valence-corrected chi connectivity index (χ1v) is 7.44. The number of nitrogens with zero attached hydrogens (tertiary/aromatic N) is 1. The number of rotatable bonds is 3. The number of hydrogen-bond acceptors (Lipinski definition) is 3. The van der Waals surface area contributed by atoms with Crippen LogP contribution in [-0.2, 0) is 4.79 Å². The van der Waals surface area contributed by atoms with E-state index >= 15 is 0 Å². The van der Waals surface area contributed by atoms with E-state index in [1.807, 2.05) is 0 Å². The van der Waals surface area contributed by atoms with Crippen LogP contribution >= 0.6 is 0 Å². The van der Waals surface area contributed by atoms with Crippen molar-refractivity contribution < 1.29 is 4.79 Å². The molecule has 0 radical (unpaired) electrons. The summed E-state index contributed by atoms with van der Waals surface area (Å²) < 4.78 is 0. The molecular formula is C14H27N3O. The summed E-state index contributed by atoms with van der Waals surface area (Å²) in [5, 5.41) is 6.53. The maximum atomic E-state index is 12.1. The minimum atomic E-state index is 0.0573. The number of piperidine rings is 2. The quantitative estimate of drug-likeness (QED) is 0.792. The Balaban J connectivity index is 1.72. The molecule has 2 saturated heterocycles. The van der Waals surface area contributed by atoms with Crippen molar-refractivity contribution in [3.05, 3.63) is 0 Å². The monoisotopic (exact) mass is 253 g/mol. The Hall–Kier alpha value is -0.610. The Morgan fingerprint density at radius 2 is 1.94 bits per heavy atom. The maximum Gasteiger partial charge on any atom is 0.237 e. The molecule has 18 heavy (non-hydrogen) atoms. The zero-order chi connectivity index (χ0) is 13.0. The zero-order valence-corrected chi connectivity index (χ0v) is 11.7. The first-order valence-electron chi connectivity index (χ1n) is 7.44. The second-order valence-electron chi connectivity index (χ2n) is 5.92. The molecule has 2 heterocycles. The van der Waals surface area contributed by atoms with Crippen LogP contribution < -0.4 is 10.6 Å². The summed E-state index contributed by atoms with van der Waals surface area (Å²) in [6.45, 7) is 7.70. The van der Waals surface area contributed by atoms with Crippen LogP contribution in [0.1, 0.15) is 46.0 Å². The van der Waals surface area contributed by atoms with Crippen molar-refractivity contribution >= 4 is 5.91 Å². The molecule has 4 nitrogen and oxygen atoms in total. The van der Waals surface area contributed by atoms with E-state index in [-0.39, 0.29) is 11.9 Å². The fraction of sp³-hybridized carbons (Fsp3) is 0.929. The van der Waals surface area contributed by atoms with Gasteiger partial charge >= 0.3 is 0 Å². The maximum absolute atomic E-state index is 12.1. The number of hydrogen-bond donors (Lipinski definition) is 2. The van der Waals surface area contributed by atoms with Gasteiger partial charge < -0.3 is 15.5 Å². The highest BCUT2D eigenvalue weighted by atomic mass is 16.2. The predicted octanol–water partition coefficient (Wildman–Crippen LogP) is 1.12. The lowest BCUT2D eigenvalue weighted by atomic mass is 10.0. The number of amides is 1. The Bertz CT molecular complexity index is 266. The average Bonchev–Trinajstić information content (AvgIpc) is 2.40. The van der Waals surface area contributed by atoms with Gasteiger partial charge in [0.05, 0.1) is 6.04 Å². The second kappa shape index (κ2) is 6.53. The van der Waals surface area contributed by atoms with Gasteiger partial charge in [-0.25, -0.2) is 0 Å². The van der Waals surface area contributed by atoms with Gasteiger partial charge in [0.1, 0.15) is 0 Å². The fourth-order valence-electron chi connectivity index (χ4n) is 2.94. The molecule has 2 aliphatic heterocycles. The van der Waals surface area contributed by atoms with Crippen LogP contribution in [0.15, 0.2) is 0 Å². The Morgan fingerprint density at radius 1 is 1.22 bits per heavy atom. The average molecular weight is 253 g/mol. The lowest BCUT2D eigenvalue weighted by Gasteiger charge is -2.35. The van der Waals surface area contributed by atoms with E-state index in [1.54, 1.807) is 0 Å². The van der Waals surface area contributed by atoms with Gasteiger partial charge in [0, 0.05) is 25.2 Å². The first-order chi connectivity index (χ1) is 8.66. The largest absolute Gasteiger partial charge is 0.352 e. The van der Waals surface area contributed by atoms with Crippen LogP contribution in [0.3, 0.4) is 0 Å². The molecule has 1 amide bonds. The van der Waals surface area contributed by atoms with E-state index in [9.17, 15) is 4.79 Å². The molecule has 0 bridgehead atoms. The number of nitrogens with one attached hydrogen (secondary N) is 2. The second-order valence-corrected chi connectivity index (χ2v) is 5.92. The lowest BCUT2D eigenvalue weighted by Crippen LogP contribution is -2.52. The van der Waals surface area contributed by atoms with E-state index in [0.29, 0.717) is 12.1 Å². The topological polar surface area (TPSA) is 44.4 Å². The minimum Gasteiger partial charge on any atom is -0.352 e. The van der Waals surface area contributed by atoms with Crippen molar-refractivity contribution in [3.8, 4) is 0 Å². The van der Waals surface area contributed by atoms with Crippen LogP contribution in [0.5, 0.6) is 0 Å². The van der Waals surface area contributed by atoms with Gasteiger partial charge in [-0.05, 0) is 46.1 Å². The van der Waals surface area contributed by atoms with Gasteiger partial charge in [0.25, 0.3) is 0 Å². The Labute approximate surface area is 110 Å². The molecule has 2 fully saturated rings. The van der Waals surface area contributed by atoms with Crippen molar-refractivity contribution in [2.45, 2.75) is 64.1 Å². The molecule has 0 aliphatic carbocycles. The summed E-state index contributed by atoms with van der Waals surface area (Å²) in [7, 11) is 0. The Morgan fingerprint density at radius 3 is 2.50 bits per heavy atom. The van der Waals surface area contributed by atoms with Gasteiger partial charge in [-0.3, -0.25) is 4.79 Å². The molecule has 0 aromatic heterocycles. The van der Waals surface area contributed by atoms with E-state index in [4.69, 9.17) is 0 Å². The van der Waals surface area contributed by atoms with Crippen molar-refractivity contribution in [2.75, 3.05) is 19.6 Å². The summed E-state index contributed by atoms with van der Waals surface area (Å²) in [6.07, 6.45) is 5.57. The molecule has 0 aromatic rings. The first kappa shape index (κ1) is 13.8. The van der Waals surface area contributed by atoms with Crippen LogP contribution in [0.4, 0.5) is 0 Å². The van der Waals surface area contributed by atoms with Crippen LogP contribution in [0.2, 0.25) is 0 Å². The number of likely N-dealkylation sites (tertiary alicyclic amines) is 1. The normalized spacial score (nSPS) is 27.4. The van der Waals surface area contributed by atoms with Crippen molar-refractivity contribution in [1.82, 2.24) is 15.5 Å². The molecule has 0 aromatic carbocycles. The molecule has 104 valence electrons. The molecule has 0 spiro atoms. The molecule has 2 rings (SSSR count). The van der Waals surface area contributed by atoms with Crippen molar-refractivity contribution in [3.63, 3.8) is 0 Å². The van der Waals surface area contributed by atoms with Crippen LogP contribution in [-0.4, -0.2) is 48.6 Å². The molecular weight excluding hydrogens is 226 g/mol.